The van der Waals surface area contributed by atoms with Crippen molar-refractivity contribution in [3.8, 4) is 5.75 Å². The molecule has 1 atom stereocenters. The maximum Gasteiger partial charge on any atom is 0.122 e. The predicted molar refractivity (Wildman–Crippen MR) is 77.7 cm³/mol. The molecule has 2 rings (SSSR count). The Balaban J connectivity index is 2.28. The maximum absolute atomic E-state index is 9.70. The minimum atomic E-state index is 0.0669. The summed E-state index contributed by atoms with van der Waals surface area (Å²) in [6, 6.07) is 16.2. The van der Waals surface area contributed by atoms with E-state index >= 15 is 0 Å². The van der Waals surface area contributed by atoms with E-state index in [1.807, 2.05) is 36.4 Å². The molecule has 2 heteroatoms. The standard InChI is InChI=1S/C17H20O2/c1-13-7-3-4-8-14(13)11-15(12-18)16-9-5-6-10-17(16)19-2/h3-10,15,18H,11-12H2,1-2H3. The molecule has 0 aliphatic heterocycles. The van der Waals surface area contributed by atoms with Gasteiger partial charge in [0.25, 0.3) is 0 Å². The topological polar surface area (TPSA) is 29.5 Å². The van der Waals surface area contributed by atoms with E-state index in [1.54, 1.807) is 7.11 Å². The number of rotatable bonds is 5. The van der Waals surface area contributed by atoms with Crippen LogP contribution in [0.5, 0.6) is 5.75 Å². The first-order valence-corrected chi connectivity index (χ1v) is 6.54. The van der Waals surface area contributed by atoms with Gasteiger partial charge in [-0.3, -0.25) is 0 Å². The Morgan fingerprint density at radius 1 is 1.05 bits per heavy atom. The fraction of sp³-hybridized carbons (Fsp3) is 0.294. The van der Waals surface area contributed by atoms with E-state index in [0.29, 0.717) is 0 Å². The van der Waals surface area contributed by atoms with Crippen molar-refractivity contribution in [3.05, 3.63) is 65.2 Å². The van der Waals surface area contributed by atoms with Gasteiger partial charge in [0.05, 0.1) is 13.7 Å². The second-order valence-electron chi connectivity index (χ2n) is 4.75. The molecule has 1 unspecified atom stereocenters. The molecule has 0 amide bonds. The van der Waals surface area contributed by atoms with E-state index in [4.69, 9.17) is 4.74 Å². The van der Waals surface area contributed by atoms with Gasteiger partial charge in [0.2, 0.25) is 0 Å². The number of aryl methyl sites for hydroxylation is 1. The third-order valence-corrected chi connectivity index (χ3v) is 3.53. The van der Waals surface area contributed by atoms with Crippen molar-refractivity contribution in [2.45, 2.75) is 19.3 Å². The number of ether oxygens (including phenoxy) is 1. The van der Waals surface area contributed by atoms with Crippen molar-refractivity contribution >= 4 is 0 Å². The van der Waals surface area contributed by atoms with Crippen molar-refractivity contribution < 1.29 is 9.84 Å². The van der Waals surface area contributed by atoms with E-state index in [0.717, 1.165) is 17.7 Å². The molecule has 1 N–H and O–H groups in total. The van der Waals surface area contributed by atoms with Gasteiger partial charge in [0, 0.05) is 5.92 Å². The third kappa shape index (κ3) is 3.15. The highest BCUT2D eigenvalue weighted by molar-refractivity contribution is 5.38. The largest absolute Gasteiger partial charge is 0.496 e. The Hall–Kier alpha value is -1.80. The van der Waals surface area contributed by atoms with Crippen molar-refractivity contribution in [3.63, 3.8) is 0 Å². The van der Waals surface area contributed by atoms with Gasteiger partial charge < -0.3 is 9.84 Å². The number of methoxy groups -OCH3 is 1. The lowest BCUT2D eigenvalue weighted by Crippen LogP contribution is -2.10. The highest BCUT2D eigenvalue weighted by Crippen LogP contribution is 2.29. The Bertz CT molecular complexity index is 534. The molecular weight excluding hydrogens is 236 g/mol. The molecule has 2 aromatic rings. The van der Waals surface area contributed by atoms with Crippen LogP contribution >= 0.6 is 0 Å². The van der Waals surface area contributed by atoms with E-state index in [2.05, 4.69) is 19.1 Å². The molecule has 0 heterocycles. The van der Waals surface area contributed by atoms with E-state index in [1.165, 1.54) is 11.1 Å². The van der Waals surface area contributed by atoms with Crippen LogP contribution in [0.15, 0.2) is 48.5 Å². The molecule has 0 aliphatic carbocycles. The zero-order valence-corrected chi connectivity index (χ0v) is 11.5. The lowest BCUT2D eigenvalue weighted by Gasteiger charge is -2.18. The number of hydrogen-bond donors (Lipinski definition) is 1. The predicted octanol–water partition coefficient (Wildman–Crippen LogP) is 3.32. The zero-order chi connectivity index (χ0) is 13.7. The number of aliphatic hydroxyl groups excluding tert-OH is 1. The molecule has 100 valence electrons. The molecule has 0 aliphatic rings. The summed E-state index contributed by atoms with van der Waals surface area (Å²) in [6.45, 7) is 2.22. The second-order valence-corrected chi connectivity index (χ2v) is 4.75. The van der Waals surface area contributed by atoms with Gasteiger partial charge in [-0.05, 0) is 36.1 Å². The summed E-state index contributed by atoms with van der Waals surface area (Å²) in [5, 5.41) is 9.70. The number of benzene rings is 2. The van der Waals surface area contributed by atoms with Gasteiger partial charge in [-0.2, -0.15) is 0 Å². The van der Waals surface area contributed by atoms with Crippen LogP contribution in [0.2, 0.25) is 0 Å². The first kappa shape index (κ1) is 13.6. The zero-order valence-electron chi connectivity index (χ0n) is 11.5. The molecular formula is C17H20O2. The molecule has 0 fully saturated rings. The molecule has 0 spiro atoms. The van der Waals surface area contributed by atoms with Gasteiger partial charge in [0.15, 0.2) is 0 Å². The molecule has 0 radical (unpaired) electrons. The average Bonchev–Trinajstić information content (AvgIpc) is 2.46. The summed E-state index contributed by atoms with van der Waals surface area (Å²) in [7, 11) is 1.67. The van der Waals surface area contributed by atoms with Crippen molar-refractivity contribution in [2.24, 2.45) is 0 Å². The van der Waals surface area contributed by atoms with Crippen LogP contribution in [0.3, 0.4) is 0 Å². The van der Waals surface area contributed by atoms with Gasteiger partial charge >= 0.3 is 0 Å². The normalized spacial score (nSPS) is 12.2. The first-order valence-electron chi connectivity index (χ1n) is 6.54. The monoisotopic (exact) mass is 256 g/mol. The van der Waals surface area contributed by atoms with Crippen LogP contribution in [-0.4, -0.2) is 18.8 Å². The summed E-state index contributed by atoms with van der Waals surface area (Å²) in [5.74, 6) is 0.910. The summed E-state index contributed by atoms with van der Waals surface area (Å²) < 4.78 is 5.38. The number of aliphatic hydroxyl groups is 1. The highest BCUT2D eigenvalue weighted by atomic mass is 16.5. The van der Waals surface area contributed by atoms with Crippen LogP contribution in [0, 0.1) is 6.92 Å². The fourth-order valence-electron chi connectivity index (χ4n) is 2.38. The summed E-state index contributed by atoms with van der Waals surface area (Å²) in [4.78, 5) is 0. The lowest BCUT2D eigenvalue weighted by molar-refractivity contribution is 0.261. The van der Waals surface area contributed by atoms with Crippen molar-refractivity contribution in [1.82, 2.24) is 0 Å². The minimum Gasteiger partial charge on any atom is -0.496 e. The molecule has 0 saturated carbocycles. The van der Waals surface area contributed by atoms with Crippen LogP contribution in [-0.2, 0) is 6.42 Å². The van der Waals surface area contributed by atoms with E-state index in [-0.39, 0.29) is 12.5 Å². The summed E-state index contributed by atoms with van der Waals surface area (Å²) >= 11 is 0. The highest BCUT2D eigenvalue weighted by Gasteiger charge is 2.16. The maximum atomic E-state index is 9.70. The number of hydrogen-bond acceptors (Lipinski definition) is 2. The van der Waals surface area contributed by atoms with E-state index in [9.17, 15) is 5.11 Å². The van der Waals surface area contributed by atoms with Crippen molar-refractivity contribution in [2.75, 3.05) is 13.7 Å². The molecule has 0 aromatic heterocycles. The molecule has 19 heavy (non-hydrogen) atoms. The van der Waals surface area contributed by atoms with E-state index < -0.39 is 0 Å². The van der Waals surface area contributed by atoms with Crippen molar-refractivity contribution in [1.29, 1.82) is 0 Å². The molecule has 0 saturated heterocycles. The van der Waals surface area contributed by atoms with Gasteiger partial charge in [0.1, 0.15) is 5.75 Å². The van der Waals surface area contributed by atoms with Crippen LogP contribution in [0.4, 0.5) is 0 Å². The first-order chi connectivity index (χ1) is 9.26. The Labute approximate surface area is 114 Å². The Morgan fingerprint density at radius 3 is 2.42 bits per heavy atom. The SMILES string of the molecule is COc1ccccc1C(CO)Cc1ccccc1C. The second kappa shape index (κ2) is 6.39. The van der Waals surface area contributed by atoms with Gasteiger partial charge in [-0.15, -0.1) is 0 Å². The van der Waals surface area contributed by atoms with Crippen LogP contribution < -0.4 is 4.74 Å². The summed E-state index contributed by atoms with van der Waals surface area (Å²) in [5.41, 5.74) is 3.60. The minimum absolute atomic E-state index is 0.0669. The quantitative estimate of drug-likeness (QED) is 0.889. The van der Waals surface area contributed by atoms with Gasteiger partial charge in [-0.1, -0.05) is 42.5 Å². The van der Waals surface area contributed by atoms with Crippen LogP contribution in [0.1, 0.15) is 22.6 Å². The third-order valence-electron chi connectivity index (χ3n) is 3.53. The van der Waals surface area contributed by atoms with Crippen LogP contribution in [0.25, 0.3) is 0 Å². The van der Waals surface area contributed by atoms with Gasteiger partial charge in [-0.25, -0.2) is 0 Å². The molecule has 0 bridgehead atoms. The smallest absolute Gasteiger partial charge is 0.122 e. The number of para-hydroxylation sites is 1. The summed E-state index contributed by atoms with van der Waals surface area (Å²) in [6.07, 6.45) is 0.823. The fourth-order valence-corrected chi connectivity index (χ4v) is 2.38. The lowest BCUT2D eigenvalue weighted by atomic mass is 9.90. The molecule has 2 aromatic carbocycles. The Kier molecular flexibility index (Phi) is 4.58. The Morgan fingerprint density at radius 2 is 1.74 bits per heavy atom. The average molecular weight is 256 g/mol. The molecule has 2 nitrogen and oxygen atoms in total.